The SMILES string of the molecule is C=Cc1cc(C)cn1C=C.CC. The molecule has 0 aliphatic carbocycles. The summed E-state index contributed by atoms with van der Waals surface area (Å²) >= 11 is 0. The smallest absolute Gasteiger partial charge is 0.0446 e. The summed E-state index contributed by atoms with van der Waals surface area (Å²) in [5.74, 6) is 0. The van der Waals surface area contributed by atoms with Crippen LogP contribution < -0.4 is 0 Å². The lowest BCUT2D eigenvalue weighted by atomic mass is 10.3. The third kappa shape index (κ3) is 2.42. The first-order valence-corrected chi connectivity index (χ1v) is 4.21. The Labute approximate surface area is 75.0 Å². The van der Waals surface area contributed by atoms with Gasteiger partial charge in [0.1, 0.15) is 0 Å². The van der Waals surface area contributed by atoms with Gasteiger partial charge in [-0.05, 0) is 24.6 Å². The van der Waals surface area contributed by atoms with Gasteiger partial charge in [-0.2, -0.15) is 0 Å². The number of aryl methyl sites for hydroxylation is 1. The van der Waals surface area contributed by atoms with Gasteiger partial charge in [-0.25, -0.2) is 0 Å². The number of hydrogen-bond acceptors (Lipinski definition) is 0. The number of nitrogens with zero attached hydrogens (tertiary/aromatic N) is 1. The van der Waals surface area contributed by atoms with Gasteiger partial charge >= 0.3 is 0 Å². The molecule has 1 heteroatoms. The van der Waals surface area contributed by atoms with Gasteiger partial charge in [0.15, 0.2) is 0 Å². The molecule has 0 saturated heterocycles. The van der Waals surface area contributed by atoms with E-state index < -0.39 is 0 Å². The highest BCUT2D eigenvalue weighted by molar-refractivity contribution is 5.48. The van der Waals surface area contributed by atoms with Gasteiger partial charge in [0.2, 0.25) is 0 Å². The zero-order valence-corrected chi connectivity index (χ0v) is 8.17. The maximum absolute atomic E-state index is 3.68. The fourth-order valence-electron chi connectivity index (χ4n) is 0.961. The van der Waals surface area contributed by atoms with E-state index in [0.717, 1.165) is 5.69 Å². The van der Waals surface area contributed by atoms with E-state index in [2.05, 4.69) is 19.2 Å². The summed E-state index contributed by atoms with van der Waals surface area (Å²) in [4.78, 5) is 0. The average Bonchev–Trinajstić information content (AvgIpc) is 2.49. The average molecular weight is 163 g/mol. The fourth-order valence-corrected chi connectivity index (χ4v) is 0.961. The minimum atomic E-state index is 1.09. The van der Waals surface area contributed by atoms with Crippen LogP contribution in [0.2, 0.25) is 0 Å². The Morgan fingerprint density at radius 2 is 1.92 bits per heavy atom. The van der Waals surface area contributed by atoms with Crippen molar-refractivity contribution >= 4 is 12.3 Å². The first-order chi connectivity index (χ1) is 5.77. The molecule has 0 aromatic carbocycles. The second-order valence-corrected chi connectivity index (χ2v) is 2.24. The molecule has 0 atom stereocenters. The molecule has 0 aliphatic rings. The molecule has 66 valence electrons. The molecular weight excluding hydrogens is 146 g/mol. The second kappa shape index (κ2) is 5.42. The first kappa shape index (κ1) is 10.8. The molecular formula is C11H17N. The van der Waals surface area contributed by atoms with Crippen molar-refractivity contribution in [3.8, 4) is 0 Å². The van der Waals surface area contributed by atoms with Crippen LogP contribution in [-0.2, 0) is 0 Å². The summed E-state index contributed by atoms with van der Waals surface area (Å²) < 4.78 is 1.95. The summed E-state index contributed by atoms with van der Waals surface area (Å²) in [5.41, 5.74) is 2.32. The fraction of sp³-hybridized carbons (Fsp3) is 0.273. The zero-order chi connectivity index (χ0) is 9.56. The number of hydrogen-bond donors (Lipinski definition) is 0. The van der Waals surface area contributed by atoms with Crippen molar-refractivity contribution in [1.29, 1.82) is 0 Å². The molecule has 0 spiro atoms. The molecule has 0 saturated carbocycles. The molecule has 0 bridgehead atoms. The lowest BCUT2D eigenvalue weighted by Gasteiger charge is -1.93. The molecule has 0 aliphatic heterocycles. The van der Waals surface area contributed by atoms with E-state index in [0.29, 0.717) is 0 Å². The molecule has 1 heterocycles. The van der Waals surface area contributed by atoms with Crippen molar-refractivity contribution in [2.75, 3.05) is 0 Å². The van der Waals surface area contributed by atoms with Crippen LogP contribution in [0.3, 0.4) is 0 Å². The summed E-state index contributed by atoms with van der Waals surface area (Å²) in [6.07, 6.45) is 5.60. The van der Waals surface area contributed by atoms with Crippen molar-refractivity contribution in [3.05, 3.63) is 36.7 Å². The van der Waals surface area contributed by atoms with Crippen molar-refractivity contribution in [2.24, 2.45) is 0 Å². The van der Waals surface area contributed by atoms with Crippen LogP contribution in [0.25, 0.3) is 12.3 Å². The Balaban J connectivity index is 0.000000561. The predicted molar refractivity (Wildman–Crippen MR) is 57.0 cm³/mol. The Hall–Kier alpha value is -1.24. The second-order valence-electron chi connectivity index (χ2n) is 2.24. The Kier molecular flexibility index (Phi) is 4.86. The van der Waals surface area contributed by atoms with Gasteiger partial charge in [-0.15, -0.1) is 0 Å². The summed E-state index contributed by atoms with van der Waals surface area (Å²) in [5, 5.41) is 0. The molecule has 1 rings (SSSR count). The van der Waals surface area contributed by atoms with Gasteiger partial charge in [0.25, 0.3) is 0 Å². The third-order valence-corrected chi connectivity index (χ3v) is 1.42. The highest BCUT2D eigenvalue weighted by Gasteiger charge is 1.93. The Morgan fingerprint density at radius 3 is 2.25 bits per heavy atom. The maximum atomic E-state index is 3.68. The lowest BCUT2D eigenvalue weighted by Crippen LogP contribution is -1.83. The molecule has 0 radical (unpaired) electrons. The quantitative estimate of drug-likeness (QED) is 0.628. The van der Waals surface area contributed by atoms with E-state index in [4.69, 9.17) is 0 Å². The van der Waals surface area contributed by atoms with Crippen LogP contribution in [0.4, 0.5) is 0 Å². The van der Waals surface area contributed by atoms with Crippen LogP contribution in [0.15, 0.2) is 25.4 Å². The standard InChI is InChI=1S/C9H11N.C2H6/c1-4-9-6-8(3)7-10(9)5-2;1-2/h4-7H,1-2H2,3H3;1-2H3. The third-order valence-electron chi connectivity index (χ3n) is 1.42. The van der Waals surface area contributed by atoms with Crippen molar-refractivity contribution in [2.45, 2.75) is 20.8 Å². The largest absolute Gasteiger partial charge is 0.324 e. The minimum absolute atomic E-state index is 1.09. The van der Waals surface area contributed by atoms with Gasteiger partial charge in [0, 0.05) is 18.1 Å². The molecule has 0 fully saturated rings. The molecule has 12 heavy (non-hydrogen) atoms. The monoisotopic (exact) mass is 163 g/mol. The van der Waals surface area contributed by atoms with Crippen molar-refractivity contribution < 1.29 is 0 Å². The molecule has 0 unspecified atom stereocenters. The maximum Gasteiger partial charge on any atom is 0.0446 e. The van der Waals surface area contributed by atoms with E-state index in [-0.39, 0.29) is 0 Å². The number of rotatable bonds is 2. The summed E-state index contributed by atoms with van der Waals surface area (Å²) in [6, 6.07) is 2.06. The van der Waals surface area contributed by atoms with Gasteiger partial charge in [-0.3, -0.25) is 0 Å². The molecule has 0 N–H and O–H groups in total. The van der Waals surface area contributed by atoms with E-state index in [9.17, 15) is 0 Å². The van der Waals surface area contributed by atoms with Crippen LogP contribution >= 0.6 is 0 Å². The van der Waals surface area contributed by atoms with Crippen LogP contribution in [-0.4, -0.2) is 4.57 Å². The normalized spacial score (nSPS) is 8.25. The molecule has 1 nitrogen and oxygen atoms in total. The number of aromatic nitrogens is 1. The lowest BCUT2D eigenvalue weighted by molar-refractivity contribution is 1.15. The Bertz CT molecular complexity index is 230. The van der Waals surface area contributed by atoms with Crippen LogP contribution in [0.5, 0.6) is 0 Å². The Morgan fingerprint density at radius 1 is 1.33 bits per heavy atom. The van der Waals surface area contributed by atoms with Gasteiger partial charge in [-0.1, -0.05) is 27.0 Å². The van der Waals surface area contributed by atoms with E-state index in [1.807, 2.05) is 37.6 Å². The highest BCUT2D eigenvalue weighted by Crippen LogP contribution is 2.08. The topological polar surface area (TPSA) is 4.93 Å². The first-order valence-electron chi connectivity index (χ1n) is 4.21. The zero-order valence-electron chi connectivity index (χ0n) is 8.17. The van der Waals surface area contributed by atoms with Crippen molar-refractivity contribution in [1.82, 2.24) is 4.57 Å². The minimum Gasteiger partial charge on any atom is -0.324 e. The van der Waals surface area contributed by atoms with Crippen LogP contribution in [0.1, 0.15) is 25.1 Å². The van der Waals surface area contributed by atoms with Gasteiger partial charge < -0.3 is 4.57 Å². The van der Waals surface area contributed by atoms with Crippen LogP contribution in [0, 0.1) is 6.92 Å². The van der Waals surface area contributed by atoms with E-state index in [1.165, 1.54) is 5.56 Å². The summed E-state index contributed by atoms with van der Waals surface area (Å²) in [7, 11) is 0. The molecule has 0 amide bonds. The van der Waals surface area contributed by atoms with Crippen molar-refractivity contribution in [3.63, 3.8) is 0 Å². The predicted octanol–water partition coefficient (Wildman–Crippen LogP) is 3.57. The highest BCUT2D eigenvalue weighted by atomic mass is 14.9. The summed E-state index contributed by atoms with van der Waals surface area (Å²) in [6.45, 7) is 13.4. The molecule has 1 aromatic heterocycles. The van der Waals surface area contributed by atoms with E-state index >= 15 is 0 Å². The molecule has 1 aromatic rings. The van der Waals surface area contributed by atoms with Gasteiger partial charge in [0.05, 0.1) is 0 Å². The van der Waals surface area contributed by atoms with E-state index in [1.54, 1.807) is 6.20 Å².